The smallest absolute Gasteiger partial charge is 0.410 e. The van der Waals surface area contributed by atoms with Crippen molar-refractivity contribution in [2.75, 3.05) is 23.7 Å². The Bertz CT molecular complexity index is 773. The molecule has 2 aromatic rings. The lowest BCUT2D eigenvalue weighted by atomic mass is 10.2. The van der Waals surface area contributed by atoms with Crippen molar-refractivity contribution in [3.8, 4) is 0 Å². The van der Waals surface area contributed by atoms with E-state index in [4.69, 9.17) is 16.3 Å². The first-order valence-corrected chi connectivity index (χ1v) is 10.2. The maximum absolute atomic E-state index is 12.1. The predicted molar refractivity (Wildman–Crippen MR) is 111 cm³/mol. The van der Waals surface area contributed by atoms with Crippen LogP contribution in [-0.2, 0) is 11.3 Å². The van der Waals surface area contributed by atoms with Gasteiger partial charge in [0.1, 0.15) is 5.60 Å². The van der Waals surface area contributed by atoms with E-state index in [2.05, 4.69) is 15.6 Å². The summed E-state index contributed by atoms with van der Waals surface area (Å²) in [5.74, 6) is 0. The first kappa shape index (κ1) is 19.8. The fraction of sp³-hybridized carbons (Fsp3) is 0.474. The quantitative estimate of drug-likeness (QED) is 0.741. The van der Waals surface area contributed by atoms with Gasteiger partial charge in [-0.15, -0.1) is 11.3 Å². The van der Waals surface area contributed by atoms with Crippen molar-refractivity contribution in [1.82, 2.24) is 9.88 Å². The summed E-state index contributed by atoms with van der Waals surface area (Å²) < 4.78 is 6.00. The second-order valence-electron chi connectivity index (χ2n) is 7.57. The highest BCUT2D eigenvalue weighted by Gasteiger charge is 2.29. The number of nitrogens with zero attached hydrogens (tertiary/aromatic N) is 2. The van der Waals surface area contributed by atoms with Gasteiger partial charge in [0.2, 0.25) is 0 Å². The van der Waals surface area contributed by atoms with Crippen molar-refractivity contribution in [3.63, 3.8) is 0 Å². The number of carbonyl (C=O) groups excluding carboxylic acids is 1. The van der Waals surface area contributed by atoms with Gasteiger partial charge in [0, 0.05) is 41.6 Å². The average Bonchev–Trinajstić information content (AvgIpc) is 3.22. The van der Waals surface area contributed by atoms with Gasteiger partial charge in [0.05, 0.1) is 6.54 Å². The molecule has 1 unspecified atom stereocenters. The van der Waals surface area contributed by atoms with Crippen LogP contribution in [0.25, 0.3) is 0 Å². The van der Waals surface area contributed by atoms with Crippen molar-refractivity contribution in [2.45, 2.75) is 45.4 Å². The molecule has 27 heavy (non-hydrogen) atoms. The van der Waals surface area contributed by atoms with E-state index in [0.717, 1.165) is 22.7 Å². The first-order chi connectivity index (χ1) is 12.8. The topological polar surface area (TPSA) is 66.5 Å². The van der Waals surface area contributed by atoms with Crippen LogP contribution < -0.4 is 10.6 Å². The molecule has 1 aromatic carbocycles. The molecule has 1 aromatic heterocycles. The van der Waals surface area contributed by atoms with Crippen molar-refractivity contribution < 1.29 is 9.53 Å². The molecule has 1 atom stereocenters. The Balaban J connectivity index is 1.46. The standard InChI is InChI=1S/C19H25ClN4O2S/c1-19(2,3)26-18(25)24-9-8-15(12-24)23-14-6-4-13(5-7-14)21-10-16-11-22-17(20)27-16/h4-7,11,15,21,23H,8-10,12H2,1-3H3. The molecule has 1 amide bonds. The molecule has 0 radical (unpaired) electrons. The zero-order chi connectivity index (χ0) is 19.4. The molecule has 1 aliphatic rings. The SMILES string of the molecule is CC(C)(C)OC(=O)N1CCC(Nc2ccc(NCc3cnc(Cl)s3)cc2)C1. The summed E-state index contributed by atoms with van der Waals surface area (Å²) in [6, 6.07) is 8.38. The maximum Gasteiger partial charge on any atom is 0.410 e. The van der Waals surface area contributed by atoms with Gasteiger partial charge in [0.25, 0.3) is 0 Å². The highest BCUT2D eigenvalue weighted by atomic mass is 35.5. The third-order valence-corrected chi connectivity index (χ3v) is 5.20. The van der Waals surface area contributed by atoms with E-state index in [-0.39, 0.29) is 12.1 Å². The number of hydrogen-bond donors (Lipinski definition) is 2. The Hall–Kier alpha value is -1.99. The van der Waals surface area contributed by atoms with Gasteiger partial charge in [-0.1, -0.05) is 11.6 Å². The molecule has 0 saturated carbocycles. The summed E-state index contributed by atoms with van der Waals surface area (Å²) in [6.45, 7) is 7.72. The van der Waals surface area contributed by atoms with Gasteiger partial charge in [-0.25, -0.2) is 9.78 Å². The Labute approximate surface area is 168 Å². The van der Waals surface area contributed by atoms with E-state index >= 15 is 0 Å². The summed E-state index contributed by atoms with van der Waals surface area (Å²) >= 11 is 7.32. The molecule has 0 aliphatic carbocycles. The lowest BCUT2D eigenvalue weighted by Gasteiger charge is -2.24. The van der Waals surface area contributed by atoms with Gasteiger partial charge in [0.15, 0.2) is 4.47 Å². The molecule has 1 saturated heterocycles. The molecule has 6 nitrogen and oxygen atoms in total. The minimum absolute atomic E-state index is 0.232. The molecule has 1 fully saturated rings. The van der Waals surface area contributed by atoms with E-state index < -0.39 is 5.60 Å². The number of nitrogens with one attached hydrogen (secondary N) is 2. The average molecular weight is 409 g/mol. The minimum atomic E-state index is -0.462. The van der Waals surface area contributed by atoms with Crippen LogP contribution in [0.1, 0.15) is 32.1 Å². The first-order valence-electron chi connectivity index (χ1n) is 8.97. The molecule has 3 rings (SSSR count). The van der Waals surface area contributed by atoms with E-state index in [1.165, 1.54) is 11.3 Å². The molecule has 146 valence electrons. The number of amides is 1. The van der Waals surface area contributed by atoms with Gasteiger partial charge in [-0.3, -0.25) is 0 Å². The van der Waals surface area contributed by atoms with Crippen LogP contribution in [-0.4, -0.2) is 40.7 Å². The Morgan fingerprint density at radius 2 is 2.04 bits per heavy atom. The number of thiazole rings is 1. The summed E-state index contributed by atoms with van der Waals surface area (Å²) in [6.07, 6.45) is 2.45. The van der Waals surface area contributed by atoms with E-state index in [1.54, 1.807) is 11.1 Å². The fourth-order valence-electron chi connectivity index (χ4n) is 2.84. The summed E-state index contributed by atoms with van der Waals surface area (Å²) in [5, 5.41) is 6.84. The van der Waals surface area contributed by atoms with Crippen molar-refractivity contribution in [1.29, 1.82) is 0 Å². The zero-order valence-electron chi connectivity index (χ0n) is 15.8. The van der Waals surface area contributed by atoms with Crippen LogP contribution in [0.5, 0.6) is 0 Å². The largest absolute Gasteiger partial charge is 0.444 e. The van der Waals surface area contributed by atoms with Gasteiger partial charge in [-0.05, 0) is 51.5 Å². The van der Waals surface area contributed by atoms with Crippen molar-refractivity contribution in [3.05, 3.63) is 39.8 Å². The number of benzene rings is 1. The van der Waals surface area contributed by atoms with Gasteiger partial charge in [-0.2, -0.15) is 0 Å². The Morgan fingerprint density at radius 1 is 1.33 bits per heavy atom. The van der Waals surface area contributed by atoms with E-state index in [1.807, 2.05) is 45.0 Å². The molecule has 1 aliphatic heterocycles. The number of aromatic nitrogens is 1. The van der Waals surface area contributed by atoms with Crippen LogP contribution in [0.15, 0.2) is 30.5 Å². The predicted octanol–water partition coefficient (Wildman–Crippen LogP) is 4.83. The van der Waals surface area contributed by atoms with Crippen molar-refractivity contribution in [2.24, 2.45) is 0 Å². The molecule has 2 heterocycles. The zero-order valence-corrected chi connectivity index (χ0v) is 17.4. The van der Waals surface area contributed by atoms with Crippen LogP contribution in [0.3, 0.4) is 0 Å². The third-order valence-electron chi connectivity index (χ3n) is 4.09. The van der Waals surface area contributed by atoms with E-state index in [9.17, 15) is 4.79 Å². The normalized spacial score (nSPS) is 17.0. The number of likely N-dealkylation sites (tertiary alicyclic amines) is 1. The fourth-order valence-corrected chi connectivity index (χ4v) is 3.76. The number of rotatable bonds is 5. The molecule has 8 heteroatoms. The molecular weight excluding hydrogens is 384 g/mol. The van der Waals surface area contributed by atoms with Crippen LogP contribution in [0.4, 0.5) is 16.2 Å². The summed E-state index contributed by atoms with van der Waals surface area (Å²) in [7, 11) is 0. The molecular formula is C19H25ClN4O2S. The Morgan fingerprint density at radius 3 is 2.67 bits per heavy atom. The monoisotopic (exact) mass is 408 g/mol. The van der Waals surface area contributed by atoms with E-state index in [0.29, 0.717) is 24.1 Å². The maximum atomic E-state index is 12.1. The van der Waals surface area contributed by atoms with Gasteiger partial charge >= 0.3 is 6.09 Å². The number of ether oxygens (including phenoxy) is 1. The highest BCUT2D eigenvalue weighted by Crippen LogP contribution is 2.22. The summed E-state index contributed by atoms with van der Waals surface area (Å²) in [5.41, 5.74) is 1.61. The van der Waals surface area contributed by atoms with Crippen LogP contribution in [0, 0.1) is 0 Å². The second kappa shape index (κ2) is 8.35. The second-order valence-corrected chi connectivity index (χ2v) is 9.26. The lowest BCUT2D eigenvalue weighted by Crippen LogP contribution is -2.36. The number of carbonyl (C=O) groups is 1. The van der Waals surface area contributed by atoms with Crippen molar-refractivity contribution >= 4 is 40.4 Å². The van der Waals surface area contributed by atoms with Crippen LogP contribution >= 0.6 is 22.9 Å². The number of hydrogen-bond acceptors (Lipinski definition) is 6. The third kappa shape index (κ3) is 6.01. The Kier molecular flexibility index (Phi) is 6.11. The number of halogens is 1. The summed E-state index contributed by atoms with van der Waals surface area (Å²) in [4.78, 5) is 19.0. The van der Waals surface area contributed by atoms with Gasteiger partial charge < -0.3 is 20.3 Å². The highest BCUT2D eigenvalue weighted by molar-refractivity contribution is 7.15. The lowest BCUT2D eigenvalue weighted by molar-refractivity contribution is 0.0293. The molecule has 0 spiro atoms. The van der Waals surface area contributed by atoms with Crippen LogP contribution in [0.2, 0.25) is 4.47 Å². The molecule has 2 N–H and O–H groups in total. The minimum Gasteiger partial charge on any atom is -0.444 e. The number of anilines is 2. The molecule has 0 bridgehead atoms.